The maximum absolute atomic E-state index is 5.93. The standard InChI is InChI=1S/C26H25N2/c27-17-19-7-4-11-22(15-19)26(23-12-5-8-20(16-23)18-28)25-14-6-13-24(25)21-9-2-1-3-10-21/h1-16,26H,17-18,27-28H2. The Kier molecular flexibility index (Phi) is 5.52. The minimum absolute atomic E-state index is 0.128. The van der Waals surface area contributed by atoms with Crippen LogP contribution in [0.2, 0.25) is 0 Å². The Morgan fingerprint density at radius 1 is 0.679 bits per heavy atom. The SMILES string of the molecule is NCc1cccc(C([C]2C=CC=C2c2ccccc2)c2cccc(CN)c2)c1. The van der Waals surface area contributed by atoms with Crippen molar-refractivity contribution >= 4 is 5.57 Å². The zero-order chi connectivity index (χ0) is 19.3. The lowest BCUT2D eigenvalue weighted by Gasteiger charge is -2.27. The summed E-state index contributed by atoms with van der Waals surface area (Å²) < 4.78 is 0. The van der Waals surface area contributed by atoms with E-state index in [9.17, 15) is 0 Å². The smallest absolute Gasteiger partial charge is 0.0391 e. The molecule has 1 radical (unpaired) electrons. The summed E-state index contributed by atoms with van der Waals surface area (Å²) in [6.07, 6.45) is 6.58. The maximum Gasteiger partial charge on any atom is 0.0391 e. The molecule has 0 aromatic heterocycles. The Bertz CT molecular complexity index is 954. The van der Waals surface area contributed by atoms with Gasteiger partial charge in [-0.05, 0) is 33.4 Å². The number of benzene rings is 3. The number of rotatable bonds is 6. The van der Waals surface area contributed by atoms with E-state index in [0.717, 1.165) is 11.1 Å². The van der Waals surface area contributed by atoms with Crippen LogP contribution in [0.5, 0.6) is 0 Å². The zero-order valence-corrected chi connectivity index (χ0v) is 15.9. The first-order chi connectivity index (χ1) is 13.8. The van der Waals surface area contributed by atoms with Gasteiger partial charge in [0.15, 0.2) is 0 Å². The van der Waals surface area contributed by atoms with E-state index in [0.29, 0.717) is 13.1 Å². The predicted molar refractivity (Wildman–Crippen MR) is 117 cm³/mol. The lowest BCUT2D eigenvalue weighted by molar-refractivity contribution is 0.902. The summed E-state index contributed by atoms with van der Waals surface area (Å²) in [4.78, 5) is 0. The summed E-state index contributed by atoms with van der Waals surface area (Å²) in [6, 6.07) is 27.8. The third kappa shape index (κ3) is 3.70. The monoisotopic (exact) mass is 365 g/mol. The van der Waals surface area contributed by atoms with E-state index in [2.05, 4.69) is 97.1 Å². The van der Waals surface area contributed by atoms with Crippen LogP contribution in [0.4, 0.5) is 0 Å². The van der Waals surface area contributed by atoms with E-state index < -0.39 is 0 Å². The minimum atomic E-state index is 0.128. The van der Waals surface area contributed by atoms with Gasteiger partial charge in [-0.3, -0.25) is 0 Å². The molecule has 0 aliphatic heterocycles. The molecule has 0 spiro atoms. The quantitative estimate of drug-likeness (QED) is 0.648. The number of nitrogens with two attached hydrogens (primary N) is 2. The summed E-state index contributed by atoms with van der Waals surface area (Å²) in [5, 5.41) is 0. The predicted octanol–water partition coefficient (Wildman–Crippen LogP) is 4.96. The van der Waals surface area contributed by atoms with E-state index in [1.807, 2.05) is 0 Å². The minimum Gasteiger partial charge on any atom is -0.326 e. The zero-order valence-electron chi connectivity index (χ0n) is 15.9. The highest BCUT2D eigenvalue weighted by Gasteiger charge is 2.29. The summed E-state index contributed by atoms with van der Waals surface area (Å²) in [5.74, 6) is 1.43. The average molecular weight is 366 g/mol. The third-order valence-electron chi connectivity index (χ3n) is 5.29. The fourth-order valence-electron chi connectivity index (χ4n) is 3.92. The lowest BCUT2D eigenvalue weighted by atomic mass is 9.76. The Labute approximate surface area is 167 Å². The molecule has 0 fully saturated rings. The van der Waals surface area contributed by atoms with Crippen LogP contribution >= 0.6 is 0 Å². The molecule has 0 unspecified atom stereocenters. The second-order valence-electron chi connectivity index (χ2n) is 7.09. The van der Waals surface area contributed by atoms with Crippen LogP contribution in [0.15, 0.2) is 97.1 Å². The van der Waals surface area contributed by atoms with Crippen molar-refractivity contribution in [3.05, 3.63) is 131 Å². The molecule has 0 atom stereocenters. The molecule has 3 aromatic carbocycles. The summed E-state index contributed by atoms with van der Waals surface area (Å²) in [5.41, 5.74) is 19.1. The van der Waals surface area contributed by atoms with Crippen molar-refractivity contribution in [2.45, 2.75) is 19.0 Å². The molecule has 1 aliphatic carbocycles. The molecular formula is C26H25N2. The maximum atomic E-state index is 5.93. The van der Waals surface area contributed by atoms with Crippen molar-refractivity contribution in [2.24, 2.45) is 11.5 Å². The van der Waals surface area contributed by atoms with Crippen LogP contribution in [-0.2, 0) is 13.1 Å². The van der Waals surface area contributed by atoms with Gasteiger partial charge in [-0.15, -0.1) is 0 Å². The Hall–Kier alpha value is -2.94. The van der Waals surface area contributed by atoms with Crippen LogP contribution in [0.25, 0.3) is 5.57 Å². The lowest BCUT2D eigenvalue weighted by Crippen LogP contribution is -2.13. The van der Waals surface area contributed by atoms with Crippen molar-refractivity contribution in [3.63, 3.8) is 0 Å². The second kappa shape index (κ2) is 8.39. The van der Waals surface area contributed by atoms with Gasteiger partial charge in [0.1, 0.15) is 0 Å². The van der Waals surface area contributed by atoms with Crippen LogP contribution in [0, 0.1) is 5.92 Å². The highest BCUT2D eigenvalue weighted by atomic mass is 14.5. The summed E-state index contributed by atoms with van der Waals surface area (Å²) >= 11 is 0. The van der Waals surface area contributed by atoms with Gasteiger partial charge in [-0.25, -0.2) is 0 Å². The second-order valence-corrected chi connectivity index (χ2v) is 7.09. The first-order valence-corrected chi connectivity index (χ1v) is 9.69. The van der Waals surface area contributed by atoms with Gasteiger partial charge in [0.25, 0.3) is 0 Å². The highest BCUT2D eigenvalue weighted by Crippen LogP contribution is 2.45. The van der Waals surface area contributed by atoms with Gasteiger partial charge in [0.05, 0.1) is 0 Å². The van der Waals surface area contributed by atoms with Crippen molar-refractivity contribution in [1.29, 1.82) is 0 Å². The summed E-state index contributed by atoms with van der Waals surface area (Å²) in [6.45, 7) is 1.08. The van der Waals surface area contributed by atoms with Crippen molar-refractivity contribution in [1.82, 2.24) is 0 Å². The van der Waals surface area contributed by atoms with E-state index in [-0.39, 0.29) is 5.92 Å². The normalized spacial score (nSPS) is 13.9. The average Bonchev–Trinajstić information content (AvgIpc) is 3.24. The van der Waals surface area contributed by atoms with E-state index in [4.69, 9.17) is 11.5 Å². The molecule has 1 aliphatic rings. The fourth-order valence-corrected chi connectivity index (χ4v) is 3.92. The third-order valence-corrected chi connectivity index (χ3v) is 5.29. The van der Waals surface area contributed by atoms with Gasteiger partial charge in [-0.1, -0.05) is 97.1 Å². The van der Waals surface area contributed by atoms with Crippen molar-refractivity contribution in [2.75, 3.05) is 0 Å². The molecule has 2 heteroatoms. The first-order valence-electron chi connectivity index (χ1n) is 9.69. The van der Waals surface area contributed by atoms with Crippen LogP contribution in [0.1, 0.15) is 33.7 Å². The number of hydrogen-bond acceptors (Lipinski definition) is 2. The largest absolute Gasteiger partial charge is 0.326 e. The van der Waals surface area contributed by atoms with Gasteiger partial charge in [-0.2, -0.15) is 0 Å². The Morgan fingerprint density at radius 2 is 1.29 bits per heavy atom. The first kappa shape index (κ1) is 18.4. The van der Waals surface area contributed by atoms with Crippen LogP contribution in [-0.4, -0.2) is 0 Å². The molecule has 139 valence electrons. The van der Waals surface area contributed by atoms with Gasteiger partial charge in [0, 0.05) is 24.9 Å². The molecule has 0 heterocycles. The van der Waals surface area contributed by atoms with Crippen LogP contribution in [0.3, 0.4) is 0 Å². The number of hydrogen-bond donors (Lipinski definition) is 2. The van der Waals surface area contributed by atoms with Gasteiger partial charge < -0.3 is 11.5 Å². The Balaban J connectivity index is 1.83. The molecule has 4 rings (SSSR count). The molecule has 2 nitrogen and oxygen atoms in total. The molecule has 3 aromatic rings. The molecule has 4 N–H and O–H groups in total. The van der Waals surface area contributed by atoms with E-state index in [1.165, 1.54) is 28.2 Å². The molecule has 0 amide bonds. The fraction of sp³-hybridized carbons (Fsp3) is 0.115. The van der Waals surface area contributed by atoms with E-state index >= 15 is 0 Å². The Morgan fingerprint density at radius 3 is 1.86 bits per heavy atom. The topological polar surface area (TPSA) is 52.0 Å². The van der Waals surface area contributed by atoms with Gasteiger partial charge in [0.2, 0.25) is 0 Å². The number of allylic oxidation sites excluding steroid dienone is 4. The highest BCUT2D eigenvalue weighted by molar-refractivity contribution is 5.85. The van der Waals surface area contributed by atoms with Crippen molar-refractivity contribution in [3.8, 4) is 0 Å². The summed E-state index contributed by atoms with van der Waals surface area (Å²) in [7, 11) is 0. The molecule has 0 saturated heterocycles. The van der Waals surface area contributed by atoms with Crippen LogP contribution < -0.4 is 11.5 Å². The molecule has 0 saturated carbocycles. The molecular weight excluding hydrogens is 340 g/mol. The molecule has 0 bridgehead atoms. The van der Waals surface area contributed by atoms with E-state index in [1.54, 1.807) is 0 Å². The molecule has 28 heavy (non-hydrogen) atoms. The van der Waals surface area contributed by atoms with Gasteiger partial charge >= 0.3 is 0 Å². The van der Waals surface area contributed by atoms with Crippen molar-refractivity contribution < 1.29 is 0 Å².